The fraction of sp³-hybridized carbons (Fsp3) is 0.143. The molecule has 3 aromatic rings. The van der Waals surface area contributed by atoms with Crippen molar-refractivity contribution in [1.82, 2.24) is 4.98 Å². The van der Waals surface area contributed by atoms with Crippen LogP contribution in [0.3, 0.4) is 0 Å². The van der Waals surface area contributed by atoms with E-state index in [-0.39, 0.29) is 11.5 Å². The van der Waals surface area contributed by atoms with Crippen LogP contribution in [-0.4, -0.2) is 15.9 Å². The minimum absolute atomic E-state index is 0.101. The minimum Gasteiger partial charge on any atom is -0.508 e. The molecule has 1 aromatic heterocycles. The molecule has 1 heterocycles. The van der Waals surface area contributed by atoms with E-state index < -0.39 is 0 Å². The first-order chi connectivity index (χ1) is 12.1. The molecule has 0 fully saturated rings. The number of benzene rings is 2. The largest absolute Gasteiger partial charge is 0.508 e. The van der Waals surface area contributed by atoms with Crippen molar-refractivity contribution in [2.24, 2.45) is 0 Å². The van der Waals surface area contributed by atoms with Crippen molar-refractivity contribution in [3.05, 3.63) is 81.3 Å². The average molecular weight is 347 g/mol. The van der Waals surface area contributed by atoms with Gasteiger partial charge in [0, 0.05) is 12.0 Å². The maximum Gasteiger partial charge on any atom is 0.175 e. The van der Waals surface area contributed by atoms with E-state index >= 15 is 0 Å². The molecule has 0 spiro atoms. The van der Waals surface area contributed by atoms with Crippen molar-refractivity contribution in [3.63, 3.8) is 0 Å². The van der Waals surface area contributed by atoms with Crippen LogP contribution >= 0.6 is 11.3 Å². The maximum absolute atomic E-state index is 12.5. The van der Waals surface area contributed by atoms with E-state index in [2.05, 4.69) is 16.8 Å². The Labute approximate surface area is 151 Å². The Morgan fingerprint density at radius 1 is 1.12 bits per heavy atom. The number of aromatic nitrogens is 1. The lowest BCUT2D eigenvalue weighted by atomic mass is 10.1. The van der Waals surface area contributed by atoms with Crippen molar-refractivity contribution in [2.75, 3.05) is 0 Å². The second-order valence-electron chi connectivity index (χ2n) is 5.64. The highest BCUT2D eigenvalue weighted by molar-refractivity contribution is 7.14. The van der Waals surface area contributed by atoms with Crippen LogP contribution in [0.1, 0.15) is 37.9 Å². The van der Waals surface area contributed by atoms with Crippen molar-refractivity contribution < 1.29 is 9.90 Å². The lowest BCUT2D eigenvalue weighted by Gasteiger charge is -2.00. The molecule has 0 aliphatic heterocycles. The zero-order valence-corrected chi connectivity index (χ0v) is 14.6. The molecule has 0 bridgehead atoms. The van der Waals surface area contributed by atoms with Crippen molar-refractivity contribution in [3.8, 4) is 17.6 Å². The van der Waals surface area contributed by atoms with E-state index in [4.69, 9.17) is 0 Å². The number of rotatable bonds is 4. The molecule has 0 saturated carbocycles. The Kier molecular flexibility index (Phi) is 5.27. The van der Waals surface area contributed by atoms with Gasteiger partial charge in [0.25, 0.3) is 0 Å². The highest BCUT2D eigenvalue weighted by atomic mass is 32.1. The molecule has 0 saturated heterocycles. The van der Waals surface area contributed by atoms with Crippen LogP contribution in [0.25, 0.3) is 0 Å². The Balaban J connectivity index is 1.71. The Morgan fingerprint density at radius 3 is 2.68 bits per heavy atom. The second kappa shape index (κ2) is 7.78. The molecule has 3 nitrogen and oxygen atoms in total. The highest BCUT2D eigenvalue weighted by Gasteiger charge is 2.14. The lowest BCUT2D eigenvalue weighted by molar-refractivity contribution is 0.0986. The van der Waals surface area contributed by atoms with Gasteiger partial charge in [-0.1, -0.05) is 42.3 Å². The van der Waals surface area contributed by atoms with Crippen molar-refractivity contribution in [1.29, 1.82) is 0 Å². The van der Waals surface area contributed by atoms with Gasteiger partial charge in [-0.2, -0.15) is 0 Å². The summed E-state index contributed by atoms with van der Waals surface area (Å²) in [5, 5.41) is 10.1. The normalized spacial score (nSPS) is 10.1. The number of nitrogens with zero attached hydrogens (tertiary/aromatic N) is 1. The Hall–Kier alpha value is -2.90. The predicted molar refractivity (Wildman–Crippen MR) is 100 cm³/mol. The van der Waals surface area contributed by atoms with Gasteiger partial charge in [0.15, 0.2) is 10.8 Å². The van der Waals surface area contributed by atoms with Gasteiger partial charge >= 0.3 is 0 Å². The van der Waals surface area contributed by atoms with Gasteiger partial charge in [-0.05, 0) is 43.0 Å². The standard InChI is InChI=1S/C21H17NO2S/c1-15-21(19(24)12-10-16-6-3-2-4-7-16)25-20(22-15)13-11-17-8-5-9-18(23)14-17/h2-9,14,23H,10,12H2,1H3. The van der Waals surface area contributed by atoms with E-state index in [1.807, 2.05) is 43.3 Å². The molecule has 4 heteroatoms. The van der Waals surface area contributed by atoms with Crippen LogP contribution in [-0.2, 0) is 6.42 Å². The first-order valence-electron chi connectivity index (χ1n) is 7.97. The molecule has 25 heavy (non-hydrogen) atoms. The van der Waals surface area contributed by atoms with Crippen LogP contribution in [0.4, 0.5) is 0 Å². The fourth-order valence-corrected chi connectivity index (χ4v) is 3.32. The van der Waals surface area contributed by atoms with Gasteiger partial charge in [-0.15, -0.1) is 11.3 Å². The first-order valence-corrected chi connectivity index (χ1v) is 8.79. The van der Waals surface area contributed by atoms with E-state index in [9.17, 15) is 9.90 Å². The van der Waals surface area contributed by atoms with Gasteiger partial charge in [0.1, 0.15) is 5.75 Å². The highest BCUT2D eigenvalue weighted by Crippen LogP contribution is 2.20. The summed E-state index contributed by atoms with van der Waals surface area (Å²) in [6.45, 7) is 1.84. The van der Waals surface area contributed by atoms with E-state index in [1.54, 1.807) is 18.2 Å². The van der Waals surface area contributed by atoms with E-state index in [0.29, 0.717) is 21.9 Å². The molecule has 3 rings (SSSR count). The number of hydrogen-bond donors (Lipinski definition) is 1. The van der Waals surface area contributed by atoms with Crippen LogP contribution in [0.2, 0.25) is 0 Å². The summed E-state index contributed by atoms with van der Waals surface area (Å²) >= 11 is 1.33. The monoisotopic (exact) mass is 347 g/mol. The van der Waals surface area contributed by atoms with E-state index in [1.165, 1.54) is 11.3 Å². The molecule has 124 valence electrons. The third kappa shape index (κ3) is 4.56. The van der Waals surface area contributed by atoms with Gasteiger partial charge in [-0.3, -0.25) is 4.79 Å². The molecule has 2 aromatic carbocycles. The number of aryl methyl sites for hydroxylation is 2. The summed E-state index contributed by atoms with van der Waals surface area (Å²) in [4.78, 5) is 17.5. The summed E-state index contributed by atoms with van der Waals surface area (Å²) in [5.41, 5.74) is 2.59. The average Bonchev–Trinajstić information content (AvgIpc) is 3.00. The molecule has 0 aliphatic rings. The van der Waals surface area contributed by atoms with Crippen molar-refractivity contribution in [2.45, 2.75) is 19.8 Å². The zero-order chi connectivity index (χ0) is 17.6. The number of phenols is 1. The van der Waals surface area contributed by atoms with Gasteiger partial charge in [-0.25, -0.2) is 4.98 Å². The lowest BCUT2D eigenvalue weighted by Crippen LogP contribution is -2.00. The minimum atomic E-state index is 0.101. The molecule has 0 atom stereocenters. The van der Waals surface area contributed by atoms with Crippen LogP contribution < -0.4 is 0 Å². The van der Waals surface area contributed by atoms with Gasteiger partial charge in [0.05, 0.1) is 10.6 Å². The maximum atomic E-state index is 12.5. The fourth-order valence-electron chi connectivity index (χ4n) is 2.43. The molecule has 0 amide bonds. The molecular formula is C21H17NO2S. The molecular weight excluding hydrogens is 330 g/mol. The summed E-state index contributed by atoms with van der Waals surface area (Å²) in [6.07, 6.45) is 1.19. The summed E-state index contributed by atoms with van der Waals surface area (Å²) < 4.78 is 0. The number of phenolic OH excluding ortho intramolecular Hbond substituents is 1. The predicted octanol–water partition coefficient (Wildman–Crippen LogP) is 4.37. The summed E-state index contributed by atoms with van der Waals surface area (Å²) in [5.74, 6) is 6.22. The Bertz CT molecular complexity index is 949. The molecule has 0 unspecified atom stereocenters. The number of carbonyl (C=O) groups is 1. The number of ketones is 1. The number of hydrogen-bond acceptors (Lipinski definition) is 4. The number of aromatic hydroxyl groups is 1. The van der Waals surface area contributed by atoms with Crippen LogP contribution in [0.15, 0.2) is 54.6 Å². The molecule has 1 N–H and O–H groups in total. The number of Topliss-reactive ketones (excluding diaryl/α,β-unsaturated/α-hetero) is 1. The quantitative estimate of drug-likeness (QED) is 0.563. The van der Waals surface area contributed by atoms with Crippen molar-refractivity contribution >= 4 is 17.1 Å². The molecule has 0 radical (unpaired) electrons. The smallest absolute Gasteiger partial charge is 0.175 e. The van der Waals surface area contributed by atoms with Gasteiger partial charge < -0.3 is 5.11 Å². The van der Waals surface area contributed by atoms with E-state index in [0.717, 1.165) is 17.7 Å². The second-order valence-corrected chi connectivity index (χ2v) is 6.64. The summed E-state index contributed by atoms with van der Waals surface area (Å²) in [7, 11) is 0. The topological polar surface area (TPSA) is 50.2 Å². The third-order valence-electron chi connectivity index (χ3n) is 3.69. The summed E-state index contributed by atoms with van der Waals surface area (Å²) in [6, 6.07) is 16.7. The number of thiazole rings is 1. The first kappa shape index (κ1) is 16.9. The SMILES string of the molecule is Cc1nc(C#Cc2cccc(O)c2)sc1C(=O)CCc1ccccc1. The van der Waals surface area contributed by atoms with Gasteiger partial charge in [0.2, 0.25) is 0 Å². The van der Waals surface area contributed by atoms with Crippen LogP contribution in [0.5, 0.6) is 5.75 Å². The number of carbonyl (C=O) groups excluding carboxylic acids is 1. The zero-order valence-electron chi connectivity index (χ0n) is 13.8. The third-order valence-corrected chi connectivity index (χ3v) is 4.81. The van der Waals surface area contributed by atoms with Crippen LogP contribution in [0, 0.1) is 18.8 Å². The Morgan fingerprint density at radius 2 is 1.92 bits per heavy atom. The molecule has 0 aliphatic carbocycles.